The Balaban J connectivity index is 1.80. The van der Waals surface area contributed by atoms with Crippen molar-refractivity contribution in [3.8, 4) is 5.75 Å². The maximum atomic E-state index is 11.7. The van der Waals surface area contributed by atoms with E-state index in [9.17, 15) is 4.79 Å². The molecule has 0 saturated heterocycles. The lowest BCUT2D eigenvalue weighted by molar-refractivity contribution is 0.0523. The Morgan fingerprint density at radius 3 is 2.70 bits per heavy atom. The Labute approximate surface area is 168 Å². The van der Waals surface area contributed by atoms with Crippen molar-refractivity contribution in [1.29, 1.82) is 0 Å². The second-order valence-electron chi connectivity index (χ2n) is 6.43. The van der Waals surface area contributed by atoms with Crippen LogP contribution in [0.1, 0.15) is 25.1 Å². The van der Waals surface area contributed by atoms with Gasteiger partial charge in [-0.15, -0.1) is 11.3 Å². The topological polar surface area (TPSA) is 47.6 Å². The van der Waals surface area contributed by atoms with Crippen LogP contribution in [0.3, 0.4) is 0 Å². The van der Waals surface area contributed by atoms with Gasteiger partial charge in [0.25, 0.3) is 0 Å². The van der Waals surface area contributed by atoms with Crippen LogP contribution in [0.5, 0.6) is 5.75 Å². The first-order valence-electron chi connectivity index (χ1n) is 8.76. The van der Waals surface area contributed by atoms with Crippen molar-refractivity contribution >= 4 is 39.8 Å². The molecule has 2 atom stereocenters. The van der Waals surface area contributed by atoms with Gasteiger partial charge in [-0.05, 0) is 36.7 Å². The van der Waals surface area contributed by atoms with Crippen LogP contribution in [-0.4, -0.2) is 18.2 Å². The standard InChI is InChI=1S/C21H22ClNO3S/c1-15(22)23-20(24)25-13-12-21(2,19-11-6-14-27-19)26-18-10-5-8-16-7-3-4-9-17(16)18/h3-11,14-15H,12-13H2,1-2H3,(H,23,24)/t15?,21-/m0/s1. The molecule has 0 radical (unpaired) electrons. The summed E-state index contributed by atoms with van der Waals surface area (Å²) in [7, 11) is 0. The summed E-state index contributed by atoms with van der Waals surface area (Å²) in [4.78, 5) is 12.8. The highest BCUT2D eigenvalue weighted by atomic mass is 35.5. The average Bonchev–Trinajstić information content (AvgIpc) is 3.17. The predicted molar refractivity (Wildman–Crippen MR) is 111 cm³/mol. The van der Waals surface area contributed by atoms with E-state index in [0.29, 0.717) is 6.42 Å². The van der Waals surface area contributed by atoms with E-state index in [-0.39, 0.29) is 6.61 Å². The van der Waals surface area contributed by atoms with Gasteiger partial charge >= 0.3 is 6.09 Å². The third kappa shape index (κ3) is 4.93. The summed E-state index contributed by atoms with van der Waals surface area (Å²) < 4.78 is 11.8. The molecular formula is C21H22ClNO3S. The van der Waals surface area contributed by atoms with Crippen molar-refractivity contribution in [2.24, 2.45) is 0 Å². The Morgan fingerprint density at radius 2 is 1.96 bits per heavy atom. The minimum Gasteiger partial charge on any atom is -0.481 e. The first-order valence-corrected chi connectivity index (χ1v) is 10.1. The fraction of sp³-hybridized carbons (Fsp3) is 0.286. The summed E-state index contributed by atoms with van der Waals surface area (Å²) in [5.74, 6) is 0.808. The molecular weight excluding hydrogens is 382 g/mol. The normalized spacial score (nSPS) is 14.3. The van der Waals surface area contributed by atoms with E-state index in [0.717, 1.165) is 21.4 Å². The number of amides is 1. The van der Waals surface area contributed by atoms with Crippen LogP contribution in [0.15, 0.2) is 60.0 Å². The van der Waals surface area contributed by atoms with Gasteiger partial charge in [0.1, 0.15) is 16.9 Å². The molecule has 6 heteroatoms. The van der Waals surface area contributed by atoms with E-state index in [4.69, 9.17) is 21.1 Å². The number of carbonyl (C=O) groups excluding carboxylic acids is 1. The maximum Gasteiger partial charge on any atom is 0.408 e. The van der Waals surface area contributed by atoms with Crippen molar-refractivity contribution in [3.63, 3.8) is 0 Å². The smallest absolute Gasteiger partial charge is 0.408 e. The molecule has 3 aromatic rings. The van der Waals surface area contributed by atoms with E-state index < -0.39 is 17.2 Å². The third-order valence-electron chi connectivity index (χ3n) is 4.26. The lowest BCUT2D eigenvalue weighted by atomic mass is 10.00. The molecule has 0 bridgehead atoms. The van der Waals surface area contributed by atoms with Crippen molar-refractivity contribution in [2.45, 2.75) is 31.4 Å². The van der Waals surface area contributed by atoms with Crippen LogP contribution in [0.25, 0.3) is 10.8 Å². The van der Waals surface area contributed by atoms with Gasteiger partial charge in [-0.25, -0.2) is 4.79 Å². The third-order valence-corrected chi connectivity index (χ3v) is 5.48. The maximum absolute atomic E-state index is 11.7. The van der Waals surface area contributed by atoms with Gasteiger partial charge < -0.3 is 14.8 Å². The van der Waals surface area contributed by atoms with E-state index in [1.54, 1.807) is 18.3 Å². The summed E-state index contributed by atoms with van der Waals surface area (Å²) in [6, 6.07) is 18.2. The minimum absolute atomic E-state index is 0.217. The van der Waals surface area contributed by atoms with Gasteiger partial charge in [-0.1, -0.05) is 54.1 Å². The van der Waals surface area contributed by atoms with E-state index in [1.807, 2.05) is 54.8 Å². The number of rotatable bonds is 7. The van der Waals surface area contributed by atoms with Crippen molar-refractivity contribution < 1.29 is 14.3 Å². The molecule has 0 aliphatic rings. The number of alkyl carbamates (subject to hydrolysis) is 1. The highest BCUT2D eigenvalue weighted by Gasteiger charge is 2.31. The van der Waals surface area contributed by atoms with Gasteiger partial charge in [0, 0.05) is 16.7 Å². The molecule has 4 nitrogen and oxygen atoms in total. The average molecular weight is 404 g/mol. The minimum atomic E-state index is -0.620. The molecule has 1 amide bonds. The number of nitrogens with one attached hydrogen (secondary N) is 1. The Bertz CT molecular complexity index is 892. The van der Waals surface area contributed by atoms with Crippen LogP contribution in [0, 0.1) is 0 Å². The molecule has 0 aliphatic carbocycles. The summed E-state index contributed by atoms with van der Waals surface area (Å²) in [5.41, 5.74) is -1.10. The van der Waals surface area contributed by atoms with Crippen molar-refractivity contribution in [2.75, 3.05) is 6.61 Å². The Morgan fingerprint density at radius 1 is 1.19 bits per heavy atom. The lowest BCUT2D eigenvalue weighted by Gasteiger charge is -2.30. The van der Waals surface area contributed by atoms with Crippen LogP contribution in [-0.2, 0) is 10.3 Å². The van der Waals surface area contributed by atoms with Gasteiger partial charge in [0.15, 0.2) is 0 Å². The number of ether oxygens (including phenoxy) is 2. The molecule has 1 unspecified atom stereocenters. The Kier molecular flexibility index (Phi) is 6.24. The second kappa shape index (κ2) is 8.63. The predicted octanol–water partition coefficient (Wildman–Crippen LogP) is 5.90. The molecule has 0 fully saturated rings. The molecule has 1 N–H and O–H groups in total. The van der Waals surface area contributed by atoms with Gasteiger partial charge in [0.2, 0.25) is 0 Å². The zero-order valence-corrected chi connectivity index (χ0v) is 16.8. The van der Waals surface area contributed by atoms with Crippen LogP contribution >= 0.6 is 22.9 Å². The summed E-state index contributed by atoms with van der Waals surface area (Å²) >= 11 is 7.37. The molecule has 1 aromatic heterocycles. The number of hydrogen-bond donors (Lipinski definition) is 1. The molecule has 2 aromatic carbocycles. The van der Waals surface area contributed by atoms with Crippen molar-refractivity contribution in [1.82, 2.24) is 5.32 Å². The van der Waals surface area contributed by atoms with Crippen LogP contribution in [0.4, 0.5) is 4.79 Å². The molecule has 0 aliphatic heterocycles. The lowest BCUT2D eigenvalue weighted by Crippen LogP contribution is -2.33. The summed E-state index contributed by atoms with van der Waals surface area (Å²) in [5, 5.41) is 6.69. The molecule has 1 heterocycles. The van der Waals surface area contributed by atoms with E-state index >= 15 is 0 Å². The first kappa shape index (κ1) is 19.5. The van der Waals surface area contributed by atoms with Gasteiger partial charge in [0.05, 0.1) is 6.61 Å². The SMILES string of the molecule is CC(Cl)NC(=O)OCC[C@](C)(Oc1cccc2ccccc12)c1cccs1. The fourth-order valence-corrected chi connectivity index (χ4v) is 3.82. The monoisotopic (exact) mass is 403 g/mol. The highest BCUT2D eigenvalue weighted by molar-refractivity contribution is 7.10. The van der Waals surface area contributed by atoms with E-state index in [1.165, 1.54) is 0 Å². The number of carbonyl (C=O) groups is 1. The molecule has 0 spiro atoms. The quantitative estimate of drug-likeness (QED) is 0.394. The number of fused-ring (bicyclic) bond motifs is 1. The number of alkyl halides is 1. The van der Waals surface area contributed by atoms with E-state index in [2.05, 4.69) is 17.4 Å². The highest BCUT2D eigenvalue weighted by Crippen LogP contribution is 2.37. The van der Waals surface area contributed by atoms with Crippen LogP contribution < -0.4 is 10.1 Å². The van der Waals surface area contributed by atoms with Crippen molar-refractivity contribution in [3.05, 3.63) is 64.9 Å². The van der Waals surface area contributed by atoms with Gasteiger partial charge in [-0.2, -0.15) is 0 Å². The number of halogens is 1. The Hall–Kier alpha value is -2.24. The number of hydrogen-bond acceptors (Lipinski definition) is 4. The zero-order valence-electron chi connectivity index (χ0n) is 15.3. The molecule has 27 heavy (non-hydrogen) atoms. The largest absolute Gasteiger partial charge is 0.481 e. The molecule has 0 saturated carbocycles. The zero-order chi connectivity index (χ0) is 19.3. The first-order chi connectivity index (χ1) is 13.0. The van der Waals surface area contributed by atoms with Gasteiger partial charge in [-0.3, -0.25) is 0 Å². The summed E-state index contributed by atoms with van der Waals surface area (Å²) in [6.07, 6.45) is -0.0166. The fourth-order valence-electron chi connectivity index (χ4n) is 2.87. The summed E-state index contributed by atoms with van der Waals surface area (Å²) in [6.45, 7) is 3.91. The second-order valence-corrected chi connectivity index (χ2v) is 8.04. The van der Waals surface area contributed by atoms with Crippen LogP contribution in [0.2, 0.25) is 0 Å². The molecule has 3 rings (SSSR count). The number of benzene rings is 2. The molecule has 142 valence electrons. The number of thiophene rings is 1.